The number of methoxy groups -OCH3 is 1. The van der Waals surface area contributed by atoms with Crippen LogP contribution in [0.5, 0.6) is 0 Å². The van der Waals surface area contributed by atoms with Gasteiger partial charge in [0.2, 0.25) is 0 Å². The molecule has 1 fully saturated rings. The topological polar surface area (TPSA) is 160 Å². The zero-order chi connectivity index (χ0) is 21.1. The standard InChI is InChI=1S/C12H7NO2.C7H12O7/c14-8-5-6-10-12(7-8)15-11-4-2-1-3-9(11)13-10;1-13-7(12)5-3(9)2(8)4(10)6(11)14-5/h1-7H;2-6,8-11H,1H3/t;2-,3-,4+,5-,6+/m.0/s1. The van der Waals surface area contributed by atoms with Crippen molar-refractivity contribution in [2.75, 3.05) is 7.11 Å². The normalized spacial score (nSPS) is 26.6. The van der Waals surface area contributed by atoms with Crippen molar-refractivity contribution in [3.05, 3.63) is 52.7 Å². The molecule has 0 radical (unpaired) electrons. The summed E-state index contributed by atoms with van der Waals surface area (Å²) >= 11 is 0. The highest BCUT2D eigenvalue weighted by Gasteiger charge is 2.46. The first-order valence-corrected chi connectivity index (χ1v) is 8.57. The molecule has 2 heterocycles. The van der Waals surface area contributed by atoms with Crippen LogP contribution in [0.1, 0.15) is 0 Å². The van der Waals surface area contributed by atoms with E-state index in [0.717, 1.165) is 12.6 Å². The fourth-order valence-electron chi connectivity index (χ4n) is 2.72. The number of carbonyl (C=O) groups excluding carboxylic acids is 1. The zero-order valence-electron chi connectivity index (χ0n) is 15.2. The Morgan fingerprint density at radius 3 is 2.48 bits per heavy atom. The number of esters is 1. The van der Waals surface area contributed by atoms with Gasteiger partial charge in [-0.1, -0.05) is 12.1 Å². The Hall–Kier alpha value is -2.89. The number of para-hydroxylation sites is 2. The maximum atomic E-state index is 11.1. The Kier molecular flexibility index (Phi) is 6.20. The van der Waals surface area contributed by atoms with E-state index in [0.29, 0.717) is 17.0 Å². The van der Waals surface area contributed by atoms with E-state index in [1.165, 1.54) is 12.1 Å². The number of aromatic nitrogens is 1. The molecule has 154 valence electrons. The van der Waals surface area contributed by atoms with Crippen LogP contribution in [0.4, 0.5) is 0 Å². The molecule has 0 amide bonds. The molecule has 1 saturated heterocycles. The maximum Gasteiger partial charge on any atom is 0.337 e. The lowest BCUT2D eigenvalue weighted by atomic mass is 9.99. The Bertz CT molecular complexity index is 1020. The van der Waals surface area contributed by atoms with Gasteiger partial charge in [0.15, 0.2) is 29.2 Å². The summed E-state index contributed by atoms with van der Waals surface area (Å²) in [5.74, 6) is -0.399. The number of nitrogens with zero attached hydrogens (tertiary/aromatic N) is 1. The van der Waals surface area contributed by atoms with Gasteiger partial charge in [0, 0.05) is 6.07 Å². The second-order valence-electron chi connectivity index (χ2n) is 6.25. The molecular formula is C19H19NO9. The number of aliphatic hydroxyl groups is 4. The minimum atomic E-state index is -1.72. The van der Waals surface area contributed by atoms with Crippen LogP contribution in [-0.2, 0) is 14.3 Å². The van der Waals surface area contributed by atoms with Crippen molar-refractivity contribution in [2.24, 2.45) is 0 Å². The van der Waals surface area contributed by atoms with Crippen LogP contribution < -0.4 is 5.43 Å². The van der Waals surface area contributed by atoms with Gasteiger partial charge >= 0.3 is 5.97 Å². The van der Waals surface area contributed by atoms with E-state index in [-0.39, 0.29) is 5.43 Å². The number of fused-ring (bicyclic) bond motifs is 2. The predicted molar refractivity (Wildman–Crippen MR) is 97.8 cm³/mol. The van der Waals surface area contributed by atoms with Crippen LogP contribution in [-0.4, -0.2) is 69.2 Å². The van der Waals surface area contributed by atoms with Crippen molar-refractivity contribution in [3.63, 3.8) is 0 Å². The van der Waals surface area contributed by atoms with Crippen molar-refractivity contribution < 1.29 is 39.1 Å². The number of aliphatic hydroxyl groups excluding tert-OH is 4. The van der Waals surface area contributed by atoms with Gasteiger partial charge < -0.3 is 34.3 Å². The smallest absolute Gasteiger partial charge is 0.337 e. The highest BCUT2D eigenvalue weighted by molar-refractivity contribution is 5.76. The fraction of sp³-hybridized carbons (Fsp3) is 0.316. The molecule has 1 aliphatic carbocycles. The average Bonchev–Trinajstić information content (AvgIpc) is 2.73. The second kappa shape index (κ2) is 8.64. The molecule has 1 aromatic rings. The molecule has 4 N–H and O–H groups in total. The lowest BCUT2D eigenvalue weighted by molar-refractivity contribution is -0.280. The molecule has 0 saturated carbocycles. The third-order valence-corrected chi connectivity index (χ3v) is 4.28. The lowest BCUT2D eigenvalue weighted by Crippen LogP contribution is -2.59. The van der Waals surface area contributed by atoms with Crippen molar-refractivity contribution in [1.82, 2.24) is 4.98 Å². The summed E-state index contributed by atoms with van der Waals surface area (Å²) < 4.78 is 14.4. The summed E-state index contributed by atoms with van der Waals surface area (Å²) in [6, 6.07) is 12.1. The third-order valence-electron chi connectivity index (χ3n) is 4.28. The summed E-state index contributed by atoms with van der Waals surface area (Å²) in [6.07, 6.45) is -8.14. The SMILES string of the molecule is COC(=O)[C@H]1O[C@@H](O)[C@H](O)[C@@H](O)[C@@H]1O.O=c1ccc2nc3ccccc3oc-2c1. The lowest BCUT2D eigenvalue weighted by Gasteiger charge is -2.36. The number of rotatable bonds is 1. The van der Waals surface area contributed by atoms with Crippen molar-refractivity contribution in [1.29, 1.82) is 0 Å². The zero-order valence-corrected chi connectivity index (χ0v) is 15.2. The molecule has 2 aliphatic heterocycles. The van der Waals surface area contributed by atoms with Crippen LogP contribution in [0.25, 0.3) is 22.6 Å². The predicted octanol–water partition coefficient (Wildman–Crippen LogP) is -0.748. The molecule has 4 rings (SSSR count). The third kappa shape index (κ3) is 4.42. The maximum absolute atomic E-state index is 11.1. The highest BCUT2D eigenvalue weighted by atomic mass is 16.7. The first kappa shape index (κ1) is 20.8. The Balaban J connectivity index is 0.000000166. The molecule has 0 spiro atoms. The first-order valence-electron chi connectivity index (χ1n) is 8.57. The van der Waals surface area contributed by atoms with Gasteiger partial charge in [0.25, 0.3) is 0 Å². The number of hydrogen-bond acceptors (Lipinski definition) is 10. The molecule has 5 atom stereocenters. The van der Waals surface area contributed by atoms with Crippen molar-refractivity contribution in [3.8, 4) is 11.5 Å². The van der Waals surface area contributed by atoms with Crippen LogP contribution in [0.3, 0.4) is 0 Å². The summed E-state index contributed by atoms with van der Waals surface area (Å²) in [7, 11) is 1.07. The van der Waals surface area contributed by atoms with E-state index in [4.69, 9.17) is 14.6 Å². The van der Waals surface area contributed by atoms with Gasteiger partial charge in [-0.2, -0.15) is 0 Å². The molecule has 0 aromatic heterocycles. The van der Waals surface area contributed by atoms with E-state index < -0.39 is 36.7 Å². The molecule has 10 heteroatoms. The largest absolute Gasteiger partial charge is 0.467 e. The molecule has 0 bridgehead atoms. The van der Waals surface area contributed by atoms with Gasteiger partial charge in [-0.3, -0.25) is 4.79 Å². The van der Waals surface area contributed by atoms with Crippen LogP contribution in [0, 0.1) is 0 Å². The summed E-state index contributed by atoms with van der Waals surface area (Å²) in [4.78, 5) is 26.5. The van der Waals surface area contributed by atoms with Gasteiger partial charge in [-0.05, 0) is 24.3 Å². The fourth-order valence-corrected chi connectivity index (χ4v) is 2.72. The number of hydrogen-bond donors (Lipinski definition) is 4. The average molecular weight is 405 g/mol. The van der Waals surface area contributed by atoms with Crippen LogP contribution in [0.15, 0.2) is 51.7 Å². The monoisotopic (exact) mass is 405 g/mol. The van der Waals surface area contributed by atoms with E-state index >= 15 is 0 Å². The van der Waals surface area contributed by atoms with Crippen molar-refractivity contribution >= 4 is 17.1 Å². The number of ether oxygens (including phenoxy) is 2. The van der Waals surface area contributed by atoms with Gasteiger partial charge in [0.05, 0.1) is 7.11 Å². The summed E-state index contributed by atoms with van der Waals surface area (Å²) in [6.45, 7) is 0. The molecule has 10 nitrogen and oxygen atoms in total. The Morgan fingerprint density at radius 1 is 1.03 bits per heavy atom. The molecule has 0 unspecified atom stereocenters. The van der Waals surface area contributed by atoms with Gasteiger partial charge in [0.1, 0.15) is 29.5 Å². The number of benzene rings is 2. The minimum absolute atomic E-state index is 0.0664. The molecule has 1 aromatic carbocycles. The first-order chi connectivity index (χ1) is 13.8. The summed E-state index contributed by atoms with van der Waals surface area (Å²) in [5.41, 5.74) is 2.12. The van der Waals surface area contributed by atoms with Crippen molar-refractivity contribution in [2.45, 2.75) is 30.7 Å². The van der Waals surface area contributed by atoms with Crippen LogP contribution in [0.2, 0.25) is 0 Å². The molecule has 29 heavy (non-hydrogen) atoms. The highest BCUT2D eigenvalue weighted by Crippen LogP contribution is 2.23. The quantitative estimate of drug-likeness (QED) is 0.300. The van der Waals surface area contributed by atoms with E-state index in [2.05, 4.69) is 14.5 Å². The minimum Gasteiger partial charge on any atom is -0.467 e. The molecular weight excluding hydrogens is 386 g/mol. The van der Waals surface area contributed by atoms with Gasteiger partial charge in [-0.15, -0.1) is 0 Å². The summed E-state index contributed by atoms with van der Waals surface area (Å²) in [5, 5.41) is 36.5. The Labute approximate surface area is 163 Å². The molecule has 3 aliphatic rings. The van der Waals surface area contributed by atoms with Gasteiger partial charge in [-0.25, -0.2) is 9.78 Å². The van der Waals surface area contributed by atoms with E-state index in [1.54, 1.807) is 6.07 Å². The van der Waals surface area contributed by atoms with E-state index in [1.807, 2.05) is 24.3 Å². The second-order valence-corrected chi connectivity index (χ2v) is 6.25. The van der Waals surface area contributed by atoms with E-state index in [9.17, 15) is 19.8 Å². The number of carbonyl (C=O) groups is 1. The van der Waals surface area contributed by atoms with Crippen LogP contribution >= 0.6 is 0 Å². The Morgan fingerprint density at radius 2 is 1.76 bits per heavy atom.